The molecule has 3 nitrogen and oxygen atoms in total. The van der Waals surface area contributed by atoms with E-state index in [-0.39, 0.29) is 12.0 Å². The van der Waals surface area contributed by atoms with E-state index in [0.717, 1.165) is 50.5 Å². The second kappa shape index (κ2) is 9.96. The van der Waals surface area contributed by atoms with E-state index in [9.17, 15) is 0 Å². The summed E-state index contributed by atoms with van der Waals surface area (Å²) < 4.78 is 8.92. The number of allylic oxidation sites excluding steroid dienone is 2. The predicted molar refractivity (Wildman–Crippen MR) is 180 cm³/mol. The molecule has 1 aromatic heterocycles. The first-order chi connectivity index (χ1) is 21.8. The van der Waals surface area contributed by atoms with Gasteiger partial charge in [-0.1, -0.05) is 109 Å². The van der Waals surface area contributed by atoms with Gasteiger partial charge in [-0.3, -0.25) is 4.57 Å². The van der Waals surface area contributed by atoms with Crippen molar-refractivity contribution >= 4 is 21.8 Å². The third-order valence-corrected chi connectivity index (χ3v) is 8.92. The van der Waals surface area contributed by atoms with Crippen molar-refractivity contribution in [2.45, 2.75) is 12.0 Å². The monoisotopic (exact) mass is 564 g/mol. The summed E-state index contributed by atoms with van der Waals surface area (Å²) in [6.07, 6.45) is 8.65. The smallest absolute Gasteiger partial charge is 0.145 e. The zero-order chi connectivity index (χ0) is 29.0. The van der Waals surface area contributed by atoms with Gasteiger partial charge in [0.05, 0.1) is 11.0 Å². The molecule has 0 amide bonds. The van der Waals surface area contributed by atoms with Gasteiger partial charge in [0.1, 0.15) is 17.7 Å². The van der Waals surface area contributed by atoms with Gasteiger partial charge in [-0.2, -0.15) is 0 Å². The maximum atomic E-state index is 6.64. The highest BCUT2D eigenvalue weighted by molar-refractivity contribution is 5.98. The number of ether oxygens (including phenoxy) is 1. The van der Waals surface area contributed by atoms with Gasteiger partial charge in [0.25, 0.3) is 0 Å². The van der Waals surface area contributed by atoms with Crippen LogP contribution in [0.4, 0.5) is 0 Å². The van der Waals surface area contributed by atoms with Crippen molar-refractivity contribution in [1.29, 1.82) is 0 Å². The van der Waals surface area contributed by atoms with Crippen LogP contribution in [-0.2, 0) is 0 Å². The molecule has 9 rings (SSSR count). The Kier molecular flexibility index (Phi) is 5.63. The highest BCUT2D eigenvalue weighted by Gasteiger charge is 2.34. The Morgan fingerprint density at radius 2 is 1.30 bits per heavy atom. The number of rotatable bonds is 4. The average Bonchev–Trinajstić information content (AvgIpc) is 3.67. The zero-order valence-electron chi connectivity index (χ0n) is 24.0. The van der Waals surface area contributed by atoms with Crippen molar-refractivity contribution in [3.05, 3.63) is 163 Å². The van der Waals surface area contributed by atoms with Crippen LogP contribution < -0.4 is 4.74 Å². The molecule has 208 valence electrons. The lowest BCUT2D eigenvalue weighted by Crippen LogP contribution is -2.15. The number of hydrogen-bond acceptors (Lipinski definition) is 2. The van der Waals surface area contributed by atoms with Gasteiger partial charge in [0.2, 0.25) is 0 Å². The van der Waals surface area contributed by atoms with E-state index in [1.165, 1.54) is 21.9 Å². The van der Waals surface area contributed by atoms with Crippen LogP contribution in [0.25, 0.3) is 61.1 Å². The van der Waals surface area contributed by atoms with Gasteiger partial charge >= 0.3 is 0 Å². The molecule has 6 aromatic carbocycles. The van der Waals surface area contributed by atoms with Gasteiger partial charge in [-0.15, -0.1) is 0 Å². The summed E-state index contributed by atoms with van der Waals surface area (Å²) in [7, 11) is 0. The van der Waals surface area contributed by atoms with Crippen LogP contribution in [0.3, 0.4) is 0 Å². The van der Waals surface area contributed by atoms with Crippen LogP contribution in [0, 0.1) is 0 Å². The summed E-state index contributed by atoms with van der Waals surface area (Å²) in [5, 5.41) is 2.45. The highest BCUT2D eigenvalue weighted by Crippen LogP contribution is 2.48. The predicted octanol–water partition coefficient (Wildman–Crippen LogP) is 10.2. The topological polar surface area (TPSA) is 27.1 Å². The molecule has 0 N–H and O–H groups in total. The van der Waals surface area contributed by atoms with Crippen molar-refractivity contribution in [3.63, 3.8) is 0 Å². The molecule has 0 fully saturated rings. The molecule has 2 unspecified atom stereocenters. The van der Waals surface area contributed by atoms with E-state index in [2.05, 4.69) is 162 Å². The summed E-state index contributed by atoms with van der Waals surface area (Å²) in [4.78, 5) is 5.24. The van der Waals surface area contributed by atoms with E-state index < -0.39 is 0 Å². The standard InChI is InChI=1S/C41H28N2O/c1-2-14-31(15-3-1)43-38-22-8-7-21-37(38)42-41(43)30-25-28(33-18-10-13-27-12-4-5-16-32(27)33)24-29(26-30)34-19-11-20-36-35-17-6-9-23-39(35)44-40(34)36/h1-26,35,39H. The number of benzene rings is 6. The summed E-state index contributed by atoms with van der Waals surface area (Å²) in [5.74, 6) is 2.11. The Morgan fingerprint density at radius 1 is 0.591 bits per heavy atom. The maximum Gasteiger partial charge on any atom is 0.145 e. The number of hydrogen-bond donors (Lipinski definition) is 0. The first-order valence-corrected chi connectivity index (χ1v) is 15.1. The van der Waals surface area contributed by atoms with Crippen LogP contribution in [-0.4, -0.2) is 15.7 Å². The zero-order valence-corrected chi connectivity index (χ0v) is 24.0. The quantitative estimate of drug-likeness (QED) is 0.213. The molecule has 0 radical (unpaired) electrons. The third kappa shape index (κ3) is 3.94. The molecule has 0 saturated carbocycles. The first kappa shape index (κ1) is 24.9. The molecular formula is C41H28N2O. The SMILES string of the molecule is C1=CC2Oc3c(-c4cc(-c5cccc6ccccc56)cc(-c5nc6ccccc6n5-c5ccccc5)c4)cccc3C2C=C1. The molecule has 0 spiro atoms. The van der Waals surface area contributed by atoms with E-state index >= 15 is 0 Å². The largest absolute Gasteiger partial charge is 0.484 e. The lowest BCUT2D eigenvalue weighted by atomic mass is 9.89. The molecule has 0 bridgehead atoms. The second-order valence-corrected chi connectivity index (χ2v) is 11.5. The minimum absolute atomic E-state index is 0.0270. The normalized spacial score (nSPS) is 16.6. The van der Waals surface area contributed by atoms with Crippen molar-refractivity contribution in [2.75, 3.05) is 0 Å². The Bertz CT molecular complexity index is 2270. The van der Waals surface area contributed by atoms with E-state index in [1.807, 2.05) is 0 Å². The van der Waals surface area contributed by atoms with Gasteiger partial charge in [-0.05, 0) is 76.0 Å². The van der Waals surface area contributed by atoms with E-state index in [0.29, 0.717) is 0 Å². The van der Waals surface area contributed by atoms with Crippen LogP contribution in [0.2, 0.25) is 0 Å². The Hall–Kier alpha value is -5.67. The van der Waals surface area contributed by atoms with Crippen LogP contribution in [0.5, 0.6) is 5.75 Å². The number of fused-ring (bicyclic) bond motifs is 5. The van der Waals surface area contributed by atoms with Crippen LogP contribution in [0.15, 0.2) is 158 Å². The maximum absolute atomic E-state index is 6.64. The molecule has 1 aliphatic heterocycles. The summed E-state index contributed by atoms with van der Waals surface area (Å²) in [6, 6.07) is 47.5. The van der Waals surface area contributed by atoms with E-state index in [4.69, 9.17) is 9.72 Å². The number of para-hydroxylation sites is 4. The van der Waals surface area contributed by atoms with Crippen molar-refractivity contribution in [2.24, 2.45) is 0 Å². The molecule has 7 aromatic rings. The molecule has 1 aliphatic carbocycles. The molecule has 2 atom stereocenters. The minimum Gasteiger partial charge on any atom is -0.484 e. The van der Waals surface area contributed by atoms with Gasteiger partial charge in [0.15, 0.2) is 0 Å². The first-order valence-electron chi connectivity index (χ1n) is 15.1. The fourth-order valence-electron chi connectivity index (χ4n) is 6.90. The van der Waals surface area contributed by atoms with Crippen LogP contribution in [0.1, 0.15) is 11.5 Å². The highest BCUT2D eigenvalue weighted by atomic mass is 16.5. The van der Waals surface area contributed by atoms with Gasteiger partial charge in [0, 0.05) is 28.3 Å². The van der Waals surface area contributed by atoms with Crippen LogP contribution >= 0.6 is 0 Å². The Morgan fingerprint density at radius 3 is 2.23 bits per heavy atom. The molecule has 3 heteroatoms. The second-order valence-electron chi connectivity index (χ2n) is 11.5. The van der Waals surface area contributed by atoms with Gasteiger partial charge < -0.3 is 4.74 Å². The Labute approximate surface area is 256 Å². The molecule has 44 heavy (non-hydrogen) atoms. The summed E-state index contributed by atoms with van der Waals surface area (Å²) >= 11 is 0. The van der Waals surface area contributed by atoms with E-state index in [1.54, 1.807) is 0 Å². The minimum atomic E-state index is 0.0270. The lowest BCUT2D eigenvalue weighted by molar-refractivity contribution is 0.270. The third-order valence-electron chi connectivity index (χ3n) is 8.92. The van der Waals surface area contributed by atoms with Crippen molar-refractivity contribution < 1.29 is 4.74 Å². The molecule has 2 aliphatic rings. The Balaban J connectivity index is 1.33. The fraction of sp³-hybridized carbons (Fsp3) is 0.0488. The van der Waals surface area contributed by atoms with Gasteiger partial charge in [-0.25, -0.2) is 4.98 Å². The van der Waals surface area contributed by atoms with Crippen molar-refractivity contribution in [3.8, 4) is 45.1 Å². The molecule has 2 heterocycles. The average molecular weight is 565 g/mol. The number of nitrogens with zero attached hydrogens (tertiary/aromatic N) is 2. The van der Waals surface area contributed by atoms with Crippen molar-refractivity contribution in [1.82, 2.24) is 9.55 Å². The molecule has 0 saturated heterocycles. The summed E-state index contributed by atoms with van der Waals surface area (Å²) in [5.41, 5.74) is 9.98. The summed E-state index contributed by atoms with van der Waals surface area (Å²) in [6.45, 7) is 0. The lowest BCUT2D eigenvalue weighted by Gasteiger charge is -2.16. The molecular weight excluding hydrogens is 536 g/mol. The number of aromatic nitrogens is 2. The fourth-order valence-corrected chi connectivity index (χ4v) is 6.90. The number of imidazole rings is 1.